The number of carbonyl (C=O) groups excluding carboxylic acids is 1. The summed E-state index contributed by atoms with van der Waals surface area (Å²) in [5.41, 5.74) is 1.33. The van der Waals surface area contributed by atoms with Gasteiger partial charge in [-0.15, -0.1) is 0 Å². The van der Waals surface area contributed by atoms with Crippen molar-refractivity contribution < 1.29 is 18.3 Å². The highest BCUT2D eigenvalue weighted by Gasteiger charge is 2.10. The molecule has 0 radical (unpaired) electrons. The summed E-state index contributed by atoms with van der Waals surface area (Å²) in [6, 6.07) is 13.1. The summed E-state index contributed by atoms with van der Waals surface area (Å²) < 4.78 is 32.0. The highest BCUT2D eigenvalue weighted by molar-refractivity contribution is 5.91. The number of hydrogen-bond donors (Lipinski definition) is 1. The summed E-state index contributed by atoms with van der Waals surface area (Å²) in [4.78, 5) is 20.4. The zero-order chi connectivity index (χ0) is 18.5. The lowest BCUT2D eigenvalue weighted by Crippen LogP contribution is -2.21. The Bertz CT molecular complexity index is 930. The van der Waals surface area contributed by atoms with Crippen molar-refractivity contribution in [3.8, 4) is 17.3 Å². The van der Waals surface area contributed by atoms with E-state index in [1.165, 1.54) is 30.3 Å². The molecule has 1 heterocycles. The number of aromatic nitrogens is 2. The van der Waals surface area contributed by atoms with Gasteiger partial charge in [0.25, 0.3) is 5.91 Å². The second-order valence-corrected chi connectivity index (χ2v) is 5.49. The predicted octanol–water partition coefficient (Wildman–Crippen LogP) is 3.75. The molecule has 0 atom stereocenters. The maximum absolute atomic E-state index is 13.5. The lowest BCUT2D eigenvalue weighted by molar-refractivity contribution is -0.118. The van der Waals surface area contributed by atoms with E-state index in [0.717, 1.165) is 0 Å². The summed E-state index contributed by atoms with van der Waals surface area (Å²) in [7, 11) is 0. The number of aryl methyl sites for hydroxylation is 1. The Balaban J connectivity index is 1.69. The lowest BCUT2D eigenvalue weighted by atomic mass is 10.2. The van der Waals surface area contributed by atoms with Gasteiger partial charge in [0.05, 0.1) is 5.69 Å². The van der Waals surface area contributed by atoms with Crippen LogP contribution >= 0.6 is 0 Å². The van der Waals surface area contributed by atoms with Gasteiger partial charge in [-0.3, -0.25) is 4.79 Å². The van der Waals surface area contributed by atoms with Crippen LogP contribution in [0.15, 0.2) is 54.6 Å². The van der Waals surface area contributed by atoms with Gasteiger partial charge in [0, 0.05) is 17.3 Å². The monoisotopic (exact) mass is 355 g/mol. The molecule has 0 saturated carbocycles. The molecule has 0 spiro atoms. The largest absolute Gasteiger partial charge is 0.467 e. The molecular formula is C19H15F2N3O2. The van der Waals surface area contributed by atoms with Crippen LogP contribution in [0, 0.1) is 18.6 Å². The number of benzene rings is 2. The molecule has 7 heteroatoms. The van der Waals surface area contributed by atoms with Crippen molar-refractivity contribution in [2.24, 2.45) is 0 Å². The minimum absolute atomic E-state index is 0.0759. The predicted molar refractivity (Wildman–Crippen MR) is 92.7 cm³/mol. The van der Waals surface area contributed by atoms with Crippen molar-refractivity contribution in [3.05, 3.63) is 71.9 Å². The number of rotatable bonds is 5. The lowest BCUT2D eigenvalue weighted by Gasteiger charge is -2.09. The third kappa shape index (κ3) is 4.38. The highest BCUT2D eigenvalue weighted by atomic mass is 19.1. The van der Waals surface area contributed by atoms with E-state index in [2.05, 4.69) is 15.3 Å². The Morgan fingerprint density at radius 3 is 2.54 bits per heavy atom. The standard InChI is InChI=1S/C19H15F2N3O2/c1-12-10-18(24-19(22-12)13-6-8-14(20)9-7-13)26-11-17(25)23-16-5-3-2-4-15(16)21/h2-10H,11H2,1H3,(H,23,25). The molecule has 1 N–H and O–H groups in total. The van der Waals surface area contributed by atoms with Crippen LogP contribution in [0.5, 0.6) is 5.88 Å². The Labute approximate surface area is 148 Å². The number of nitrogens with zero attached hydrogens (tertiary/aromatic N) is 2. The van der Waals surface area contributed by atoms with Gasteiger partial charge in [0.1, 0.15) is 11.6 Å². The van der Waals surface area contributed by atoms with Crippen LogP contribution < -0.4 is 10.1 Å². The molecule has 0 fully saturated rings. The average Bonchev–Trinajstić information content (AvgIpc) is 2.62. The van der Waals surface area contributed by atoms with Gasteiger partial charge in [-0.2, -0.15) is 4.98 Å². The number of carbonyl (C=O) groups is 1. The number of halogens is 2. The smallest absolute Gasteiger partial charge is 0.262 e. The quantitative estimate of drug-likeness (QED) is 0.757. The first-order valence-corrected chi connectivity index (χ1v) is 7.80. The third-order valence-electron chi connectivity index (χ3n) is 3.43. The number of ether oxygens (including phenoxy) is 1. The van der Waals surface area contributed by atoms with Crippen LogP contribution in [0.4, 0.5) is 14.5 Å². The van der Waals surface area contributed by atoms with Gasteiger partial charge in [-0.1, -0.05) is 12.1 Å². The van der Waals surface area contributed by atoms with E-state index in [9.17, 15) is 13.6 Å². The SMILES string of the molecule is Cc1cc(OCC(=O)Nc2ccccc2F)nc(-c2ccc(F)cc2)n1. The number of amides is 1. The van der Waals surface area contributed by atoms with Crippen LogP contribution in [0.25, 0.3) is 11.4 Å². The molecule has 3 rings (SSSR count). The first-order valence-electron chi connectivity index (χ1n) is 7.80. The van der Waals surface area contributed by atoms with Crippen LogP contribution in [-0.2, 0) is 4.79 Å². The van der Waals surface area contributed by atoms with Gasteiger partial charge in [0.15, 0.2) is 12.4 Å². The molecule has 0 bridgehead atoms. The van der Waals surface area contributed by atoms with Gasteiger partial charge in [0.2, 0.25) is 5.88 Å². The van der Waals surface area contributed by atoms with E-state index in [1.54, 1.807) is 31.2 Å². The fourth-order valence-corrected chi connectivity index (χ4v) is 2.23. The van der Waals surface area contributed by atoms with Gasteiger partial charge in [-0.25, -0.2) is 13.8 Å². The maximum Gasteiger partial charge on any atom is 0.262 e. The molecule has 0 aliphatic heterocycles. The van der Waals surface area contributed by atoms with Gasteiger partial charge >= 0.3 is 0 Å². The number of anilines is 1. The van der Waals surface area contributed by atoms with Crippen molar-refractivity contribution >= 4 is 11.6 Å². The van der Waals surface area contributed by atoms with Crippen molar-refractivity contribution in [2.75, 3.05) is 11.9 Å². The first-order chi connectivity index (χ1) is 12.5. The molecule has 3 aromatic rings. The molecule has 0 aliphatic rings. The minimum Gasteiger partial charge on any atom is -0.467 e. The average molecular weight is 355 g/mol. The molecule has 132 valence electrons. The van der Waals surface area contributed by atoms with E-state index in [0.29, 0.717) is 17.1 Å². The van der Waals surface area contributed by atoms with Crippen LogP contribution in [-0.4, -0.2) is 22.5 Å². The normalized spacial score (nSPS) is 10.4. The van der Waals surface area contributed by atoms with E-state index in [-0.39, 0.29) is 24.0 Å². The van der Waals surface area contributed by atoms with Crippen molar-refractivity contribution in [1.29, 1.82) is 0 Å². The van der Waals surface area contributed by atoms with Crippen molar-refractivity contribution in [2.45, 2.75) is 6.92 Å². The number of hydrogen-bond acceptors (Lipinski definition) is 4. The molecule has 1 amide bonds. The summed E-state index contributed by atoms with van der Waals surface area (Å²) in [6.45, 7) is 1.41. The van der Waals surface area contributed by atoms with E-state index < -0.39 is 11.7 Å². The molecule has 1 aromatic heterocycles. The molecule has 2 aromatic carbocycles. The first kappa shape index (κ1) is 17.5. The van der Waals surface area contributed by atoms with E-state index in [4.69, 9.17) is 4.74 Å². The number of nitrogens with one attached hydrogen (secondary N) is 1. The third-order valence-corrected chi connectivity index (χ3v) is 3.43. The number of para-hydroxylation sites is 1. The molecule has 0 saturated heterocycles. The highest BCUT2D eigenvalue weighted by Crippen LogP contribution is 2.19. The van der Waals surface area contributed by atoms with Crippen LogP contribution in [0.1, 0.15) is 5.69 Å². The summed E-state index contributed by atoms with van der Waals surface area (Å²) in [6.07, 6.45) is 0. The van der Waals surface area contributed by atoms with E-state index >= 15 is 0 Å². The Morgan fingerprint density at radius 2 is 1.81 bits per heavy atom. The second-order valence-electron chi connectivity index (χ2n) is 5.49. The minimum atomic E-state index is -0.530. The summed E-state index contributed by atoms with van der Waals surface area (Å²) in [5.74, 6) is -0.857. The topological polar surface area (TPSA) is 64.1 Å². The van der Waals surface area contributed by atoms with E-state index in [1.807, 2.05) is 0 Å². The fourth-order valence-electron chi connectivity index (χ4n) is 2.23. The maximum atomic E-state index is 13.5. The summed E-state index contributed by atoms with van der Waals surface area (Å²) in [5, 5.41) is 2.42. The fraction of sp³-hybridized carbons (Fsp3) is 0.105. The summed E-state index contributed by atoms with van der Waals surface area (Å²) >= 11 is 0. The zero-order valence-electron chi connectivity index (χ0n) is 13.9. The zero-order valence-corrected chi connectivity index (χ0v) is 13.9. The van der Waals surface area contributed by atoms with Gasteiger partial charge < -0.3 is 10.1 Å². The Kier molecular flexibility index (Phi) is 5.17. The van der Waals surface area contributed by atoms with Crippen molar-refractivity contribution in [1.82, 2.24) is 9.97 Å². The second kappa shape index (κ2) is 7.69. The molecular weight excluding hydrogens is 340 g/mol. The van der Waals surface area contributed by atoms with Gasteiger partial charge in [-0.05, 0) is 43.3 Å². The molecule has 0 aliphatic carbocycles. The molecule has 26 heavy (non-hydrogen) atoms. The van der Waals surface area contributed by atoms with Crippen LogP contribution in [0.3, 0.4) is 0 Å². The molecule has 0 unspecified atom stereocenters. The van der Waals surface area contributed by atoms with Crippen LogP contribution in [0.2, 0.25) is 0 Å². The molecule has 5 nitrogen and oxygen atoms in total. The van der Waals surface area contributed by atoms with Crippen molar-refractivity contribution in [3.63, 3.8) is 0 Å². The Morgan fingerprint density at radius 1 is 1.08 bits per heavy atom. The Hall–Kier alpha value is -3.35.